The predicted molar refractivity (Wildman–Crippen MR) is 103 cm³/mol. The number of urea groups is 1. The highest BCUT2D eigenvalue weighted by atomic mass is 16.5. The Hall–Kier alpha value is -3.69. The van der Waals surface area contributed by atoms with Crippen LogP contribution in [0, 0.1) is 0 Å². The topological polar surface area (TPSA) is 101 Å². The smallest absolute Gasteiger partial charge is 0.321 e. The summed E-state index contributed by atoms with van der Waals surface area (Å²) in [6.07, 6.45) is 4.56. The van der Waals surface area contributed by atoms with Crippen LogP contribution >= 0.6 is 0 Å². The first-order chi connectivity index (χ1) is 13.7. The number of hydrogen-bond donors (Lipinski definition) is 1. The first kappa shape index (κ1) is 17.7. The number of rotatable bonds is 4. The summed E-state index contributed by atoms with van der Waals surface area (Å²) in [7, 11) is 1.61. The Morgan fingerprint density at radius 2 is 1.79 bits per heavy atom. The first-order valence-electron chi connectivity index (χ1n) is 8.85. The summed E-state index contributed by atoms with van der Waals surface area (Å²) < 4.78 is 6.72. The number of aromatic nitrogens is 5. The van der Waals surface area contributed by atoms with Gasteiger partial charge in [-0.3, -0.25) is 0 Å². The largest absolute Gasteiger partial charge is 0.497 e. The number of piperazine rings is 1. The van der Waals surface area contributed by atoms with E-state index in [0.717, 1.165) is 17.3 Å². The molecule has 0 unspecified atom stereocenters. The zero-order valence-electron chi connectivity index (χ0n) is 15.4. The minimum Gasteiger partial charge on any atom is -0.497 e. The fourth-order valence-electron chi connectivity index (χ4n) is 2.98. The number of methoxy groups -OCH3 is 1. The molecule has 1 fully saturated rings. The lowest BCUT2D eigenvalue weighted by Crippen LogP contribution is -2.50. The van der Waals surface area contributed by atoms with Gasteiger partial charge in [0.1, 0.15) is 30.5 Å². The van der Waals surface area contributed by atoms with Crippen LogP contribution in [0.15, 0.2) is 49.3 Å². The number of nitrogens with zero attached hydrogens (tertiary/aromatic N) is 7. The number of anilines is 2. The van der Waals surface area contributed by atoms with Crippen molar-refractivity contribution in [2.24, 2.45) is 0 Å². The van der Waals surface area contributed by atoms with E-state index >= 15 is 0 Å². The molecule has 3 heterocycles. The Balaban J connectivity index is 1.35. The molecular weight excluding hydrogens is 360 g/mol. The van der Waals surface area contributed by atoms with E-state index in [1.165, 1.54) is 12.7 Å². The maximum absolute atomic E-state index is 12.5. The van der Waals surface area contributed by atoms with Gasteiger partial charge in [-0.15, -0.1) is 0 Å². The predicted octanol–water partition coefficient (Wildman–Crippen LogP) is 1.42. The standard InChI is InChI=1S/C18H20N8O2/c1-28-15-4-2-14(3-5-15)23-18(27)25-8-6-24(7-9-25)16-10-17(21-12-20-16)26-13-19-11-22-26/h2-5,10-13H,6-9H2,1H3,(H,23,27). The first-order valence-corrected chi connectivity index (χ1v) is 8.85. The number of carbonyl (C=O) groups excluding carboxylic acids is 1. The van der Waals surface area contributed by atoms with Crippen molar-refractivity contribution in [3.05, 3.63) is 49.3 Å². The van der Waals surface area contributed by atoms with Crippen LogP contribution in [-0.4, -0.2) is 69.0 Å². The van der Waals surface area contributed by atoms with Gasteiger partial charge in [0, 0.05) is 37.9 Å². The molecule has 1 aromatic carbocycles. The second-order valence-corrected chi connectivity index (χ2v) is 6.21. The quantitative estimate of drug-likeness (QED) is 0.730. The molecule has 10 heteroatoms. The maximum Gasteiger partial charge on any atom is 0.321 e. The minimum atomic E-state index is -0.115. The zero-order valence-corrected chi connectivity index (χ0v) is 15.4. The van der Waals surface area contributed by atoms with E-state index < -0.39 is 0 Å². The second kappa shape index (κ2) is 7.91. The van der Waals surface area contributed by atoms with E-state index in [9.17, 15) is 4.79 Å². The summed E-state index contributed by atoms with van der Waals surface area (Å²) in [6, 6.07) is 9.02. The van der Waals surface area contributed by atoms with E-state index in [1.54, 1.807) is 23.0 Å². The average Bonchev–Trinajstić information content (AvgIpc) is 3.29. The van der Waals surface area contributed by atoms with Crippen molar-refractivity contribution < 1.29 is 9.53 Å². The molecule has 0 spiro atoms. The van der Waals surface area contributed by atoms with Crippen LogP contribution in [0.3, 0.4) is 0 Å². The molecule has 0 bridgehead atoms. The summed E-state index contributed by atoms with van der Waals surface area (Å²) >= 11 is 0. The van der Waals surface area contributed by atoms with Crippen molar-refractivity contribution in [1.82, 2.24) is 29.6 Å². The number of benzene rings is 1. The van der Waals surface area contributed by atoms with Crippen molar-refractivity contribution in [2.45, 2.75) is 0 Å². The lowest BCUT2D eigenvalue weighted by Gasteiger charge is -2.35. The molecule has 0 radical (unpaired) electrons. The molecule has 3 aromatic rings. The Bertz CT molecular complexity index is 921. The third-order valence-electron chi connectivity index (χ3n) is 4.52. The van der Waals surface area contributed by atoms with Crippen molar-refractivity contribution in [3.63, 3.8) is 0 Å². The molecule has 4 rings (SSSR count). The van der Waals surface area contributed by atoms with E-state index in [2.05, 4.69) is 30.3 Å². The van der Waals surface area contributed by atoms with Gasteiger partial charge < -0.3 is 19.9 Å². The highest BCUT2D eigenvalue weighted by molar-refractivity contribution is 5.89. The number of hydrogen-bond acceptors (Lipinski definition) is 7. The molecule has 2 aromatic heterocycles. The second-order valence-electron chi connectivity index (χ2n) is 6.21. The van der Waals surface area contributed by atoms with Gasteiger partial charge >= 0.3 is 6.03 Å². The van der Waals surface area contributed by atoms with Gasteiger partial charge in [-0.05, 0) is 24.3 Å². The summed E-state index contributed by atoms with van der Waals surface area (Å²) in [5, 5.41) is 7.00. The SMILES string of the molecule is COc1ccc(NC(=O)N2CCN(c3cc(-n4cncn4)ncn3)CC2)cc1. The van der Waals surface area contributed by atoms with Gasteiger partial charge in [0.15, 0.2) is 5.82 Å². The summed E-state index contributed by atoms with van der Waals surface area (Å²) in [5.74, 6) is 2.21. The molecule has 2 amide bonds. The van der Waals surface area contributed by atoms with Gasteiger partial charge in [-0.1, -0.05) is 0 Å². The van der Waals surface area contributed by atoms with Crippen molar-refractivity contribution in [2.75, 3.05) is 43.5 Å². The van der Waals surface area contributed by atoms with Crippen LogP contribution in [-0.2, 0) is 0 Å². The van der Waals surface area contributed by atoms with Crippen LogP contribution in [0.5, 0.6) is 5.75 Å². The van der Waals surface area contributed by atoms with E-state index in [4.69, 9.17) is 4.74 Å². The third kappa shape index (κ3) is 3.85. The molecule has 1 aliphatic rings. The van der Waals surface area contributed by atoms with Gasteiger partial charge in [0.25, 0.3) is 0 Å². The Labute approximate surface area is 161 Å². The molecule has 1 aliphatic heterocycles. The summed E-state index contributed by atoms with van der Waals surface area (Å²) in [4.78, 5) is 28.9. The average molecular weight is 380 g/mol. The van der Waals surface area contributed by atoms with Crippen molar-refractivity contribution in [3.8, 4) is 11.6 Å². The zero-order chi connectivity index (χ0) is 19.3. The van der Waals surface area contributed by atoms with Crippen LogP contribution in [0.2, 0.25) is 0 Å². The molecule has 1 N–H and O–H groups in total. The fourth-order valence-corrected chi connectivity index (χ4v) is 2.98. The monoisotopic (exact) mass is 380 g/mol. The van der Waals surface area contributed by atoms with E-state index in [-0.39, 0.29) is 6.03 Å². The molecule has 28 heavy (non-hydrogen) atoms. The normalized spacial score (nSPS) is 14.0. The Kier molecular flexibility index (Phi) is 5.00. The number of nitrogens with one attached hydrogen (secondary N) is 1. The van der Waals surface area contributed by atoms with E-state index in [1.807, 2.05) is 30.3 Å². The Morgan fingerprint density at radius 3 is 2.46 bits per heavy atom. The summed E-state index contributed by atoms with van der Waals surface area (Å²) in [6.45, 7) is 2.57. The number of carbonyl (C=O) groups is 1. The highest BCUT2D eigenvalue weighted by Gasteiger charge is 2.22. The van der Waals surface area contributed by atoms with Gasteiger partial charge in [0.2, 0.25) is 0 Å². The van der Waals surface area contributed by atoms with Crippen LogP contribution in [0.25, 0.3) is 5.82 Å². The molecule has 0 aliphatic carbocycles. The third-order valence-corrected chi connectivity index (χ3v) is 4.52. The van der Waals surface area contributed by atoms with Gasteiger partial charge in [-0.25, -0.2) is 24.4 Å². The van der Waals surface area contributed by atoms with Gasteiger partial charge in [0.05, 0.1) is 7.11 Å². The maximum atomic E-state index is 12.5. The van der Waals surface area contributed by atoms with Crippen molar-refractivity contribution in [1.29, 1.82) is 0 Å². The molecule has 1 saturated heterocycles. The summed E-state index contributed by atoms with van der Waals surface area (Å²) in [5.41, 5.74) is 0.738. The fraction of sp³-hybridized carbons (Fsp3) is 0.278. The Morgan fingerprint density at radius 1 is 1.04 bits per heavy atom. The number of amides is 2. The lowest BCUT2D eigenvalue weighted by atomic mass is 10.3. The minimum absolute atomic E-state index is 0.115. The van der Waals surface area contributed by atoms with Crippen LogP contribution < -0.4 is 15.0 Å². The molecule has 0 saturated carbocycles. The van der Waals surface area contributed by atoms with Gasteiger partial charge in [-0.2, -0.15) is 5.10 Å². The highest BCUT2D eigenvalue weighted by Crippen LogP contribution is 2.18. The number of ether oxygens (including phenoxy) is 1. The molecular formula is C18H20N8O2. The van der Waals surface area contributed by atoms with Crippen LogP contribution in [0.4, 0.5) is 16.3 Å². The lowest BCUT2D eigenvalue weighted by molar-refractivity contribution is 0.208. The van der Waals surface area contributed by atoms with Crippen molar-refractivity contribution >= 4 is 17.5 Å². The van der Waals surface area contributed by atoms with Crippen LogP contribution in [0.1, 0.15) is 0 Å². The molecule has 0 atom stereocenters. The van der Waals surface area contributed by atoms with E-state index in [0.29, 0.717) is 32.0 Å². The molecule has 10 nitrogen and oxygen atoms in total. The molecule has 144 valence electrons.